The summed E-state index contributed by atoms with van der Waals surface area (Å²) in [5.74, 6) is 1.31. The van der Waals surface area contributed by atoms with Crippen LogP contribution in [-0.4, -0.2) is 29.6 Å². The molecule has 2 rings (SSSR count). The van der Waals surface area contributed by atoms with E-state index in [1.165, 1.54) is 19.1 Å². The molecule has 1 unspecified atom stereocenters. The Morgan fingerprint density at radius 1 is 1.10 bits per heavy atom. The van der Waals surface area contributed by atoms with Crippen LogP contribution in [-0.2, 0) is 9.84 Å². The van der Waals surface area contributed by atoms with Crippen molar-refractivity contribution in [2.75, 3.05) is 12.0 Å². The van der Waals surface area contributed by atoms with Gasteiger partial charge >= 0.3 is 0 Å². The molecule has 0 saturated heterocycles. The van der Waals surface area contributed by atoms with Gasteiger partial charge in [0.15, 0.2) is 15.7 Å². The first-order chi connectivity index (χ1) is 9.38. The molecule has 1 aromatic heterocycles. The highest BCUT2D eigenvalue weighted by Gasteiger charge is 2.24. The maximum atomic E-state index is 11.6. The van der Waals surface area contributed by atoms with Crippen LogP contribution in [0.3, 0.4) is 0 Å². The molecule has 112 valence electrons. The van der Waals surface area contributed by atoms with E-state index >= 15 is 0 Å². The van der Waals surface area contributed by atoms with Gasteiger partial charge in [0, 0.05) is 12.2 Å². The van der Waals surface area contributed by atoms with Gasteiger partial charge in [-0.1, -0.05) is 25.7 Å². The van der Waals surface area contributed by atoms with Crippen molar-refractivity contribution in [1.29, 1.82) is 0 Å². The largest absolute Gasteiger partial charge is 0.368 e. The fourth-order valence-electron chi connectivity index (χ4n) is 2.52. The zero-order valence-corrected chi connectivity index (χ0v) is 12.9. The molecule has 1 aromatic rings. The first-order valence-electron chi connectivity index (χ1n) is 7.08. The minimum atomic E-state index is -3.24. The molecule has 0 spiro atoms. The number of nitrogens with zero attached hydrogens (tertiary/aromatic N) is 3. The lowest BCUT2D eigenvalue weighted by Gasteiger charge is -2.15. The van der Waals surface area contributed by atoms with Gasteiger partial charge in [0.05, 0.1) is 0 Å². The number of rotatable bonds is 3. The molecule has 1 atom stereocenters. The molecule has 1 fully saturated rings. The summed E-state index contributed by atoms with van der Waals surface area (Å²) in [5, 5.41) is -0.752. The Balaban J connectivity index is 2.32. The third-order valence-corrected chi connectivity index (χ3v) is 5.41. The molecule has 20 heavy (non-hydrogen) atoms. The van der Waals surface area contributed by atoms with Crippen LogP contribution in [0.25, 0.3) is 0 Å². The average molecular weight is 298 g/mol. The predicted octanol–water partition coefficient (Wildman–Crippen LogP) is 2.00. The monoisotopic (exact) mass is 298 g/mol. The van der Waals surface area contributed by atoms with Gasteiger partial charge in [-0.2, -0.15) is 9.97 Å². The number of anilines is 1. The molecule has 1 aliphatic carbocycles. The van der Waals surface area contributed by atoms with Crippen LogP contribution in [0.2, 0.25) is 0 Å². The van der Waals surface area contributed by atoms with Crippen molar-refractivity contribution in [3.63, 3.8) is 0 Å². The molecule has 7 heteroatoms. The Kier molecular flexibility index (Phi) is 4.57. The second kappa shape index (κ2) is 6.03. The fourth-order valence-corrected chi connectivity index (χ4v) is 3.01. The zero-order valence-electron chi connectivity index (χ0n) is 12.0. The van der Waals surface area contributed by atoms with E-state index in [0.29, 0.717) is 5.82 Å². The minimum absolute atomic E-state index is 0.116. The smallest absolute Gasteiger partial charge is 0.223 e. The van der Waals surface area contributed by atoms with Crippen molar-refractivity contribution >= 4 is 15.8 Å². The van der Waals surface area contributed by atoms with Crippen molar-refractivity contribution in [3.05, 3.63) is 11.6 Å². The summed E-state index contributed by atoms with van der Waals surface area (Å²) in [6, 6.07) is 0. The van der Waals surface area contributed by atoms with Gasteiger partial charge in [-0.25, -0.2) is 13.4 Å². The third-order valence-electron chi connectivity index (χ3n) is 3.91. The highest BCUT2D eigenvalue weighted by atomic mass is 32.2. The maximum absolute atomic E-state index is 11.6. The Labute approximate surface area is 120 Å². The molecule has 1 aliphatic rings. The van der Waals surface area contributed by atoms with Crippen LogP contribution in [0.1, 0.15) is 68.3 Å². The molecular formula is C13H22N4O2S. The van der Waals surface area contributed by atoms with Crippen LogP contribution in [0, 0.1) is 0 Å². The normalized spacial score (nSPS) is 19.5. The molecule has 2 N–H and O–H groups in total. The Hall–Kier alpha value is -1.24. The van der Waals surface area contributed by atoms with Crippen LogP contribution in [0.5, 0.6) is 0 Å². The molecular weight excluding hydrogens is 276 g/mol. The maximum Gasteiger partial charge on any atom is 0.223 e. The molecule has 0 aliphatic heterocycles. The van der Waals surface area contributed by atoms with Gasteiger partial charge in [-0.15, -0.1) is 0 Å². The van der Waals surface area contributed by atoms with Gasteiger partial charge < -0.3 is 5.73 Å². The van der Waals surface area contributed by atoms with Gasteiger partial charge in [0.25, 0.3) is 0 Å². The summed E-state index contributed by atoms with van der Waals surface area (Å²) >= 11 is 0. The topological polar surface area (TPSA) is 98.8 Å². The van der Waals surface area contributed by atoms with E-state index in [1.807, 2.05) is 0 Å². The summed E-state index contributed by atoms with van der Waals surface area (Å²) in [5.41, 5.74) is 5.73. The number of aromatic nitrogens is 3. The average Bonchev–Trinajstić information content (AvgIpc) is 2.64. The zero-order chi connectivity index (χ0) is 14.8. The van der Waals surface area contributed by atoms with Crippen molar-refractivity contribution in [2.45, 2.75) is 56.6 Å². The first kappa shape index (κ1) is 15.2. The minimum Gasteiger partial charge on any atom is -0.368 e. The molecule has 1 heterocycles. The van der Waals surface area contributed by atoms with Gasteiger partial charge in [0.2, 0.25) is 5.95 Å². The van der Waals surface area contributed by atoms with Crippen molar-refractivity contribution in [3.8, 4) is 0 Å². The molecule has 0 aromatic carbocycles. The molecule has 1 saturated carbocycles. The SMILES string of the molecule is CC(c1nc(N)nc(C2CCCCCC2)n1)S(C)(=O)=O. The van der Waals surface area contributed by atoms with Crippen LogP contribution in [0.4, 0.5) is 5.95 Å². The Morgan fingerprint density at radius 2 is 1.70 bits per heavy atom. The van der Waals surface area contributed by atoms with Gasteiger partial charge in [-0.05, 0) is 19.8 Å². The summed E-state index contributed by atoms with van der Waals surface area (Å²) in [6.45, 7) is 1.58. The lowest BCUT2D eigenvalue weighted by atomic mass is 9.99. The van der Waals surface area contributed by atoms with Crippen LogP contribution >= 0.6 is 0 Å². The van der Waals surface area contributed by atoms with E-state index in [0.717, 1.165) is 25.7 Å². The van der Waals surface area contributed by atoms with E-state index < -0.39 is 15.1 Å². The van der Waals surface area contributed by atoms with E-state index in [-0.39, 0.29) is 17.7 Å². The number of sulfone groups is 1. The fraction of sp³-hybridized carbons (Fsp3) is 0.769. The highest BCUT2D eigenvalue weighted by Crippen LogP contribution is 2.30. The van der Waals surface area contributed by atoms with Crippen LogP contribution in [0.15, 0.2) is 0 Å². The van der Waals surface area contributed by atoms with Crippen LogP contribution < -0.4 is 5.73 Å². The number of hydrogen-bond donors (Lipinski definition) is 1. The third kappa shape index (κ3) is 3.65. The first-order valence-corrected chi connectivity index (χ1v) is 9.03. The molecule has 0 bridgehead atoms. The Bertz CT molecular complexity index is 566. The lowest BCUT2D eigenvalue weighted by molar-refractivity contribution is 0.551. The lowest BCUT2D eigenvalue weighted by Crippen LogP contribution is -2.16. The summed E-state index contributed by atoms with van der Waals surface area (Å²) < 4.78 is 23.3. The van der Waals surface area contributed by atoms with Gasteiger partial charge in [0.1, 0.15) is 11.1 Å². The van der Waals surface area contributed by atoms with Crippen molar-refractivity contribution in [1.82, 2.24) is 15.0 Å². The Morgan fingerprint density at radius 3 is 2.25 bits per heavy atom. The van der Waals surface area contributed by atoms with E-state index in [1.54, 1.807) is 6.92 Å². The number of nitrogen functional groups attached to an aromatic ring is 1. The van der Waals surface area contributed by atoms with E-state index in [4.69, 9.17) is 5.73 Å². The molecule has 6 nitrogen and oxygen atoms in total. The molecule has 0 radical (unpaired) electrons. The van der Waals surface area contributed by atoms with Crippen molar-refractivity contribution in [2.24, 2.45) is 0 Å². The van der Waals surface area contributed by atoms with Gasteiger partial charge in [-0.3, -0.25) is 0 Å². The second-order valence-electron chi connectivity index (χ2n) is 5.57. The quantitative estimate of drug-likeness (QED) is 0.857. The number of nitrogens with two attached hydrogens (primary N) is 1. The van der Waals surface area contributed by atoms with Crippen molar-refractivity contribution < 1.29 is 8.42 Å². The number of hydrogen-bond acceptors (Lipinski definition) is 6. The highest BCUT2D eigenvalue weighted by molar-refractivity contribution is 7.90. The predicted molar refractivity (Wildman–Crippen MR) is 77.9 cm³/mol. The standard InChI is InChI=1S/C13H22N4O2S/c1-9(20(2,18)19)11-15-12(17-13(14)16-11)10-7-5-3-4-6-8-10/h9-10H,3-8H2,1-2H3,(H2,14,15,16,17). The summed E-state index contributed by atoms with van der Waals surface area (Å²) in [6.07, 6.45) is 8.06. The second-order valence-corrected chi connectivity index (χ2v) is 7.94. The summed E-state index contributed by atoms with van der Waals surface area (Å²) in [7, 11) is -3.24. The summed E-state index contributed by atoms with van der Waals surface area (Å²) in [4.78, 5) is 12.6. The van der Waals surface area contributed by atoms with E-state index in [2.05, 4.69) is 15.0 Å². The molecule has 0 amide bonds. The van der Waals surface area contributed by atoms with E-state index in [9.17, 15) is 8.42 Å².